The Morgan fingerprint density at radius 2 is 1.94 bits per heavy atom. The number of nitrogens with zero attached hydrogens (tertiary/aromatic N) is 3. The molecule has 3 heterocycles. The molecule has 9 heteroatoms. The fraction of sp³-hybridized carbons (Fsp3) is 0.200. The van der Waals surface area contributed by atoms with E-state index in [-0.39, 0.29) is 29.8 Å². The fourth-order valence-corrected chi connectivity index (χ4v) is 7.43. The smallest absolute Gasteiger partial charge is 0.271 e. The van der Waals surface area contributed by atoms with E-state index in [9.17, 15) is 9.18 Å². The van der Waals surface area contributed by atoms with E-state index in [2.05, 4.69) is 53.4 Å². The Kier molecular flexibility index (Phi) is 7.33. The van der Waals surface area contributed by atoms with Crippen molar-refractivity contribution >= 4 is 51.2 Å². The van der Waals surface area contributed by atoms with Crippen molar-refractivity contribution in [2.45, 2.75) is 31.3 Å². The third kappa shape index (κ3) is 4.35. The van der Waals surface area contributed by atoms with Gasteiger partial charge < -0.3 is 17.3 Å². The van der Waals surface area contributed by atoms with Crippen molar-refractivity contribution in [3.8, 4) is 0 Å². The van der Waals surface area contributed by atoms with E-state index < -0.39 is 0 Å². The van der Waals surface area contributed by atoms with Crippen LogP contribution in [0.2, 0.25) is 0 Å². The van der Waals surface area contributed by atoms with Gasteiger partial charge in [0.05, 0.1) is 17.1 Å². The zero-order chi connectivity index (χ0) is 23.1. The molecule has 0 N–H and O–H groups in total. The molecule has 176 valence electrons. The first-order valence-electron chi connectivity index (χ1n) is 10.7. The van der Waals surface area contributed by atoms with Gasteiger partial charge in [0, 0.05) is 31.0 Å². The third-order valence-corrected chi connectivity index (χ3v) is 9.12. The van der Waals surface area contributed by atoms with Gasteiger partial charge in [0.2, 0.25) is 0 Å². The zero-order valence-electron chi connectivity index (χ0n) is 18.9. The molecule has 0 amide bonds. The SMILES string of the molecule is CCn1c(=O)/c(=C2\Sc3cc(F)ccc3N2C)s/c1=C\c1scc[n+]1[C@@H](C)c1ccccc1.[Cl-]. The van der Waals surface area contributed by atoms with Crippen molar-refractivity contribution in [1.29, 1.82) is 0 Å². The number of hydrogen-bond donors (Lipinski definition) is 0. The van der Waals surface area contributed by atoms with Crippen molar-refractivity contribution < 1.29 is 21.4 Å². The van der Waals surface area contributed by atoms with Gasteiger partial charge in [0.25, 0.3) is 10.6 Å². The third-order valence-electron chi connectivity index (χ3n) is 5.83. The number of hydrogen-bond acceptors (Lipinski definition) is 5. The molecule has 0 unspecified atom stereocenters. The molecule has 1 atom stereocenters. The van der Waals surface area contributed by atoms with Crippen LogP contribution >= 0.6 is 34.4 Å². The number of fused-ring (bicyclic) bond motifs is 1. The predicted molar refractivity (Wildman–Crippen MR) is 136 cm³/mol. The molecule has 0 radical (unpaired) electrons. The van der Waals surface area contributed by atoms with E-state index in [4.69, 9.17) is 0 Å². The second-order valence-corrected chi connectivity index (χ2v) is 10.8. The van der Waals surface area contributed by atoms with Crippen LogP contribution in [0.5, 0.6) is 0 Å². The van der Waals surface area contributed by atoms with Crippen molar-refractivity contribution in [3.05, 3.63) is 96.0 Å². The second-order valence-electron chi connectivity index (χ2n) is 7.78. The van der Waals surface area contributed by atoms with E-state index >= 15 is 0 Å². The van der Waals surface area contributed by atoms with Crippen LogP contribution in [0.25, 0.3) is 11.1 Å². The first-order chi connectivity index (χ1) is 16.0. The summed E-state index contributed by atoms with van der Waals surface area (Å²) in [5.41, 5.74) is 2.15. The minimum absolute atomic E-state index is 0. The normalized spacial score (nSPS) is 15.9. The van der Waals surface area contributed by atoms with Crippen LogP contribution in [0.4, 0.5) is 10.1 Å². The van der Waals surface area contributed by atoms with E-state index in [1.807, 2.05) is 29.5 Å². The lowest BCUT2D eigenvalue weighted by Gasteiger charge is -2.12. The summed E-state index contributed by atoms with van der Waals surface area (Å²) in [7, 11) is 1.93. The van der Waals surface area contributed by atoms with Gasteiger partial charge in [-0.05, 0) is 25.1 Å². The lowest BCUT2D eigenvalue weighted by molar-refractivity contribution is -0.707. The number of rotatable bonds is 4. The first kappa shape index (κ1) is 24.7. The van der Waals surface area contributed by atoms with Crippen LogP contribution in [-0.4, -0.2) is 11.6 Å². The van der Waals surface area contributed by atoms with Gasteiger partial charge in [0.15, 0.2) is 12.2 Å². The molecule has 4 nitrogen and oxygen atoms in total. The van der Waals surface area contributed by atoms with Gasteiger partial charge >= 0.3 is 0 Å². The maximum Gasteiger partial charge on any atom is 0.271 e. The molecule has 0 spiro atoms. The minimum atomic E-state index is -0.267. The van der Waals surface area contributed by atoms with E-state index in [0.717, 1.165) is 25.3 Å². The molecule has 0 fully saturated rings. The summed E-state index contributed by atoms with van der Waals surface area (Å²) in [6, 6.07) is 15.3. The predicted octanol–water partition coefficient (Wildman–Crippen LogP) is 1.17. The molecular weight excluding hydrogens is 509 g/mol. The van der Waals surface area contributed by atoms with Gasteiger partial charge in [-0.2, -0.15) is 4.57 Å². The Morgan fingerprint density at radius 1 is 1.18 bits per heavy atom. The number of thiazole rings is 2. The zero-order valence-corrected chi connectivity index (χ0v) is 22.1. The Morgan fingerprint density at radius 3 is 2.68 bits per heavy atom. The number of anilines is 1. The fourth-order valence-electron chi connectivity index (χ4n) is 4.02. The molecule has 1 aliphatic heterocycles. The quantitative estimate of drug-likeness (QED) is 0.370. The maximum atomic E-state index is 13.7. The topological polar surface area (TPSA) is 29.1 Å². The summed E-state index contributed by atoms with van der Waals surface area (Å²) in [4.78, 5) is 16.2. The number of halogens is 2. The highest BCUT2D eigenvalue weighted by atomic mass is 35.5. The average molecular weight is 532 g/mol. The highest BCUT2D eigenvalue weighted by Gasteiger charge is 2.26. The molecule has 2 aromatic carbocycles. The van der Waals surface area contributed by atoms with Crippen LogP contribution in [0.1, 0.15) is 30.5 Å². The van der Waals surface area contributed by atoms with Crippen molar-refractivity contribution in [2.75, 3.05) is 11.9 Å². The van der Waals surface area contributed by atoms with E-state index in [1.54, 1.807) is 17.4 Å². The summed E-state index contributed by atoms with van der Waals surface area (Å²) in [6.07, 6.45) is 4.20. The monoisotopic (exact) mass is 531 g/mol. The number of aromatic nitrogens is 2. The van der Waals surface area contributed by atoms with E-state index in [0.29, 0.717) is 11.1 Å². The molecule has 4 aromatic rings. The Hall–Kier alpha value is -2.39. The van der Waals surface area contributed by atoms with Gasteiger partial charge in [0.1, 0.15) is 20.0 Å². The molecule has 0 saturated carbocycles. The standard InChI is InChI=1S/C25H23FN3OS3.ClH/c1-4-28-22(15-21-29(12-13-31-21)16(2)17-8-6-5-7-9-17)33-23(24(28)30)25-27(3)19-11-10-18(26)14-20(19)32-25;/h5-16H,4H2,1-3H3;1H/q+1;/p-1/b25-23+;/t16-;/m0./s1. The van der Waals surface area contributed by atoms with E-state index in [1.165, 1.54) is 40.8 Å². The van der Waals surface area contributed by atoms with Gasteiger partial charge in [-0.3, -0.25) is 9.36 Å². The molecule has 0 bridgehead atoms. The van der Waals surface area contributed by atoms with Crippen molar-refractivity contribution in [1.82, 2.24) is 4.57 Å². The van der Waals surface area contributed by atoms with Crippen molar-refractivity contribution in [3.63, 3.8) is 0 Å². The largest absolute Gasteiger partial charge is 1.00 e. The molecule has 0 aliphatic carbocycles. The van der Waals surface area contributed by atoms with Gasteiger partial charge in [-0.1, -0.05) is 53.4 Å². The molecule has 1 aliphatic rings. The molecule has 0 saturated heterocycles. The lowest BCUT2D eigenvalue weighted by Crippen LogP contribution is -3.00. The summed E-state index contributed by atoms with van der Waals surface area (Å²) in [6.45, 7) is 4.76. The molecular formula is C25H23ClFN3OS3. The Bertz CT molecular complexity index is 1510. The van der Waals surface area contributed by atoms with Crippen LogP contribution < -0.4 is 36.6 Å². The highest BCUT2D eigenvalue weighted by molar-refractivity contribution is 8.08. The molecule has 34 heavy (non-hydrogen) atoms. The molecule has 5 rings (SSSR count). The average Bonchev–Trinajstić information content (AvgIpc) is 3.50. The molecule has 2 aromatic heterocycles. The first-order valence-corrected chi connectivity index (χ1v) is 13.2. The number of benzene rings is 2. The maximum absolute atomic E-state index is 13.7. The van der Waals surface area contributed by atoms with Gasteiger partial charge in [-0.25, -0.2) is 4.39 Å². The highest BCUT2D eigenvalue weighted by Crippen LogP contribution is 2.45. The second kappa shape index (κ2) is 10.1. The summed E-state index contributed by atoms with van der Waals surface area (Å²) >= 11 is 4.61. The Balaban J connectivity index is 0.00000274. The van der Waals surface area contributed by atoms with Crippen molar-refractivity contribution in [2.24, 2.45) is 0 Å². The summed E-state index contributed by atoms with van der Waals surface area (Å²) < 4.78 is 19.4. The van der Waals surface area contributed by atoms with Crippen LogP contribution in [-0.2, 0) is 6.54 Å². The van der Waals surface area contributed by atoms with Crippen LogP contribution in [0, 0.1) is 5.82 Å². The Labute approximate surface area is 215 Å². The minimum Gasteiger partial charge on any atom is -1.00 e. The summed E-state index contributed by atoms with van der Waals surface area (Å²) in [5.74, 6) is -0.267. The lowest BCUT2D eigenvalue weighted by atomic mass is 10.1. The van der Waals surface area contributed by atoms with Crippen LogP contribution in [0.3, 0.4) is 0 Å². The van der Waals surface area contributed by atoms with Gasteiger partial charge in [-0.15, -0.1) is 11.3 Å². The van der Waals surface area contributed by atoms with Crippen LogP contribution in [0.15, 0.2) is 69.8 Å². The summed E-state index contributed by atoms with van der Waals surface area (Å²) in [5, 5.41) is 4.02. The number of thioether (sulfide) groups is 1.